The van der Waals surface area contributed by atoms with Crippen LogP contribution in [0, 0.1) is 6.92 Å². The molecule has 0 aromatic heterocycles. The predicted molar refractivity (Wildman–Crippen MR) is 71.4 cm³/mol. The fraction of sp³-hybridized carbons (Fsp3) is 0.200. The van der Waals surface area contributed by atoms with Crippen molar-refractivity contribution in [2.24, 2.45) is 0 Å². The van der Waals surface area contributed by atoms with Crippen molar-refractivity contribution in [3.8, 4) is 5.75 Å². The summed E-state index contributed by atoms with van der Waals surface area (Å²) >= 11 is 0. The van der Waals surface area contributed by atoms with Gasteiger partial charge in [-0.15, -0.1) is 0 Å². The molecule has 0 saturated heterocycles. The predicted octanol–water partition coefficient (Wildman–Crippen LogP) is 4.18. The Morgan fingerprint density at radius 2 is 1.70 bits per heavy atom. The molecule has 0 aliphatic carbocycles. The number of aryl methyl sites for hydroxylation is 1. The van der Waals surface area contributed by atoms with Crippen molar-refractivity contribution in [1.82, 2.24) is 0 Å². The van der Waals surface area contributed by atoms with Crippen LogP contribution in [0.4, 0.5) is 18.9 Å². The van der Waals surface area contributed by atoms with E-state index in [1.807, 2.05) is 6.92 Å². The topological polar surface area (TPSA) is 35.2 Å². The molecule has 0 heterocycles. The highest BCUT2D eigenvalue weighted by atomic mass is 19.4. The maximum Gasteiger partial charge on any atom is 0.416 e. The summed E-state index contributed by atoms with van der Waals surface area (Å²) in [6, 6.07) is 10.2. The third-order valence-electron chi connectivity index (χ3n) is 2.93. The van der Waals surface area contributed by atoms with Gasteiger partial charge in [0.25, 0.3) is 0 Å². The fourth-order valence-corrected chi connectivity index (χ4v) is 1.69. The van der Waals surface area contributed by atoms with Gasteiger partial charge in [0.1, 0.15) is 12.4 Å². The molecule has 0 bridgehead atoms. The van der Waals surface area contributed by atoms with Crippen LogP contribution < -0.4 is 10.5 Å². The molecule has 2 N–H and O–H groups in total. The van der Waals surface area contributed by atoms with Gasteiger partial charge >= 0.3 is 6.18 Å². The Balaban J connectivity index is 2.02. The molecule has 0 aliphatic heterocycles. The number of alkyl halides is 3. The Hall–Kier alpha value is -2.17. The van der Waals surface area contributed by atoms with Gasteiger partial charge in [0.05, 0.1) is 5.56 Å². The van der Waals surface area contributed by atoms with Crippen molar-refractivity contribution in [1.29, 1.82) is 0 Å². The smallest absolute Gasteiger partial charge is 0.416 e. The minimum absolute atomic E-state index is 0.210. The molecule has 0 unspecified atom stereocenters. The largest absolute Gasteiger partial charge is 0.489 e. The summed E-state index contributed by atoms with van der Waals surface area (Å²) in [5, 5.41) is 0. The van der Waals surface area contributed by atoms with E-state index in [4.69, 9.17) is 10.5 Å². The first-order chi connectivity index (χ1) is 9.36. The van der Waals surface area contributed by atoms with E-state index in [1.165, 1.54) is 12.1 Å². The van der Waals surface area contributed by atoms with Crippen molar-refractivity contribution >= 4 is 5.69 Å². The first kappa shape index (κ1) is 14.2. The molecule has 2 aromatic carbocycles. The van der Waals surface area contributed by atoms with Crippen LogP contribution in [0.5, 0.6) is 5.75 Å². The molecule has 0 saturated carbocycles. The molecule has 0 atom stereocenters. The summed E-state index contributed by atoms with van der Waals surface area (Å²) in [6.45, 7) is 2.07. The van der Waals surface area contributed by atoms with E-state index < -0.39 is 11.7 Å². The Morgan fingerprint density at radius 3 is 2.25 bits per heavy atom. The molecule has 0 fully saturated rings. The minimum Gasteiger partial charge on any atom is -0.489 e. The normalized spacial score (nSPS) is 11.4. The van der Waals surface area contributed by atoms with Crippen LogP contribution in [0.2, 0.25) is 0 Å². The molecule has 2 nitrogen and oxygen atoms in total. The summed E-state index contributed by atoms with van der Waals surface area (Å²) < 4.78 is 42.7. The summed E-state index contributed by atoms with van der Waals surface area (Å²) in [7, 11) is 0. The van der Waals surface area contributed by atoms with Crippen LogP contribution in [-0.4, -0.2) is 0 Å². The zero-order valence-corrected chi connectivity index (χ0v) is 10.9. The lowest BCUT2D eigenvalue weighted by atomic mass is 10.1. The lowest BCUT2D eigenvalue weighted by Crippen LogP contribution is -2.05. The quantitative estimate of drug-likeness (QED) is 0.857. The van der Waals surface area contributed by atoms with Crippen LogP contribution in [0.15, 0.2) is 42.5 Å². The lowest BCUT2D eigenvalue weighted by Gasteiger charge is -2.10. The number of anilines is 1. The number of hydrogen-bond donors (Lipinski definition) is 1. The average molecular weight is 281 g/mol. The number of hydrogen-bond acceptors (Lipinski definition) is 2. The van der Waals surface area contributed by atoms with Gasteiger partial charge in [-0.25, -0.2) is 0 Å². The maximum absolute atomic E-state index is 12.4. The molecule has 0 spiro atoms. The van der Waals surface area contributed by atoms with Crippen LogP contribution in [0.1, 0.15) is 16.7 Å². The van der Waals surface area contributed by atoms with Crippen molar-refractivity contribution in [2.45, 2.75) is 19.7 Å². The molecule has 0 radical (unpaired) electrons. The highest BCUT2D eigenvalue weighted by molar-refractivity contribution is 5.49. The second-order valence-electron chi connectivity index (χ2n) is 4.50. The zero-order chi connectivity index (χ0) is 14.8. The van der Waals surface area contributed by atoms with Crippen molar-refractivity contribution in [3.63, 3.8) is 0 Å². The molecular weight excluding hydrogens is 267 g/mol. The monoisotopic (exact) mass is 281 g/mol. The van der Waals surface area contributed by atoms with E-state index in [0.717, 1.165) is 17.7 Å². The molecule has 5 heteroatoms. The lowest BCUT2D eigenvalue weighted by molar-refractivity contribution is -0.137. The summed E-state index contributed by atoms with van der Waals surface area (Å²) in [4.78, 5) is 0. The van der Waals surface area contributed by atoms with Gasteiger partial charge in [-0.3, -0.25) is 0 Å². The average Bonchev–Trinajstić information content (AvgIpc) is 2.40. The van der Waals surface area contributed by atoms with Gasteiger partial charge in [-0.2, -0.15) is 13.2 Å². The van der Waals surface area contributed by atoms with Crippen LogP contribution in [0.3, 0.4) is 0 Å². The number of nitrogen functional groups attached to an aromatic ring is 1. The minimum atomic E-state index is -4.31. The van der Waals surface area contributed by atoms with Gasteiger partial charge in [-0.1, -0.05) is 12.1 Å². The number of rotatable bonds is 3. The summed E-state index contributed by atoms with van der Waals surface area (Å²) in [5.41, 5.74) is 7.27. The van der Waals surface area contributed by atoms with E-state index in [2.05, 4.69) is 0 Å². The Morgan fingerprint density at radius 1 is 1.05 bits per heavy atom. The maximum atomic E-state index is 12.4. The van der Waals surface area contributed by atoms with E-state index in [1.54, 1.807) is 18.2 Å². The number of nitrogens with two attached hydrogens (primary N) is 1. The van der Waals surface area contributed by atoms with E-state index in [0.29, 0.717) is 17.0 Å². The van der Waals surface area contributed by atoms with Crippen molar-refractivity contribution < 1.29 is 17.9 Å². The second-order valence-corrected chi connectivity index (χ2v) is 4.50. The van der Waals surface area contributed by atoms with Gasteiger partial charge in [0.2, 0.25) is 0 Å². The van der Waals surface area contributed by atoms with Crippen molar-refractivity contribution in [2.75, 3.05) is 5.73 Å². The third kappa shape index (κ3) is 3.44. The molecule has 2 rings (SSSR count). The van der Waals surface area contributed by atoms with Gasteiger partial charge in [0, 0.05) is 5.69 Å². The SMILES string of the molecule is Cc1cc(OCc2ccc(C(F)(F)F)cc2)ccc1N. The Bertz CT molecular complexity index is 591. The molecule has 0 aliphatic rings. The Labute approximate surface area is 115 Å². The Kier molecular flexibility index (Phi) is 3.88. The van der Waals surface area contributed by atoms with E-state index in [-0.39, 0.29) is 6.61 Å². The van der Waals surface area contributed by atoms with E-state index in [9.17, 15) is 13.2 Å². The highest BCUT2D eigenvalue weighted by Crippen LogP contribution is 2.29. The standard InChI is InChI=1S/C15H14F3NO/c1-10-8-13(6-7-14(10)19)20-9-11-2-4-12(5-3-11)15(16,17)18/h2-8H,9,19H2,1H3. The van der Waals surface area contributed by atoms with Gasteiger partial charge in [0.15, 0.2) is 0 Å². The first-order valence-electron chi connectivity index (χ1n) is 6.01. The second kappa shape index (κ2) is 5.45. The molecule has 106 valence electrons. The number of benzene rings is 2. The third-order valence-corrected chi connectivity index (χ3v) is 2.93. The summed E-state index contributed by atoms with van der Waals surface area (Å²) in [5.74, 6) is 0.636. The van der Waals surface area contributed by atoms with Gasteiger partial charge < -0.3 is 10.5 Å². The molecular formula is C15H14F3NO. The molecule has 2 aromatic rings. The van der Waals surface area contributed by atoms with Gasteiger partial charge in [-0.05, 0) is 48.4 Å². The van der Waals surface area contributed by atoms with Crippen LogP contribution >= 0.6 is 0 Å². The highest BCUT2D eigenvalue weighted by Gasteiger charge is 2.29. The van der Waals surface area contributed by atoms with E-state index >= 15 is 0 Å². The zero-order valence-electron chi connectivity index (χ0n) is 10.9. The molecule has 20 heavy (non-hydrogen) atoms. The van der Waals surface area contributed by atoms with Crippen LogP contribution in [0.25, 0.3) is 0 Å². The number of halogens is 3. The number of ether oxygens (including phenoxy) is 1. The fourth-order valence-electron chi connectivity index (χ4n) is 1.69. The summed E-state index contributed by atoms with van der Waals surface area (Å²) in [6.07, 6.45) is -4.31. The van der Waals surface area contributed by atoms with Crippen molar-refractivity contribution in [3.05, 3.63) is 59.2 Å². The van der Waals surface area contributed by atoms with Crippen LogP contribution in [-0.2, 0) is 12.8 Å². The molecule has 0 amide bonds. The first-order valence-corrected chi connectivity index (χ1v) is 6.01.